The van der Waals surface area contributed by atoms with Crippen LogP contribution in [0.4, 0.5) is 11.4 Å². The van der Waals surface area contributed by atoms with Gasteiger partial charge < -0.3 is 20.1 Å². The highest BCUT2D eigenvalue weighted by atomic mass is 35.5. The molecule has 0 radical (unpaired) electrons. The lowest BCUT2D eigenvalue weighted by atomic mass is 10.0. The lowest BCUT2D eigenvalue weighted by Gasteiger charge is -2.27. The lowest BCUT2D eigenvalue weighted by molar-refractivity contribution is -0.152. The molecule has 234 valence electrons. The number of benzene rings is 3. The van der Waals surface area contributed by atoms with Crippen molar-refractivity contribution >= 4 is 70.1 Å². The van der Waals surface area contributed by atoms with E-state index in [0.717, 1.165) is 4.90 Å². The average Bonchev–Trinajstić information content (AvgIpc) is 3.24. The van der Waals surface area contributed by atoms with Crippen LogP contribution in [0.25, 0.3) is 0 Å². The van der Waals surface area contributed by atoms with Gasteiger partial charge in [-0.05, 0) is 73.4 Å². The highest BCUT2D eigenvalue weighted by molar-refractivity contribution is 6.32. The van der Waals surface area contributed by atoms with Crippen molar-refractivity contribution in [3.05, 3.63) is 92.5 Å². The zero-order valence-electron chi connectivity index (χ0n) is 24.7. The molecular weight excluding hydrogens is 625 g/mol. The van der Waals surface area contributed by atoms with E-state index in [1.54, 1.807) is 64.1 Å². The van der Waals surface area contributed by atoms with E-state index < -0.39 is 60.7 Å². The Balaban J connectivity index is 1.40. The first-order valence-electron chi connectivity index (χ1n) is 13.8. The molecule has 0 aromatic heterocycles. The van der Waals surface area contributed by atoms with Gasteiger partial charge in [-0.2, -0.15) is 0 Å². The molecule has 3 aromatic rings. The van der Waals surface area contributed by atoms with Gasteiger partial charge in [-0.25, -0.2) is 9.59 Å². The first kappa shape index (κ1) is 33.2. The highest BCUT2D eigenvalue weighted by Crippen LogP contribution is 2.29. The number of esters is 2. The van der Waals surface area contributed by atoms with E-state index in [4.69, 9.17) is 32.7 Å². The first-order chi connectivity index (χ1) is 21.3. The molecule has 1 heterocycles. The van der Waals surface area contributed by atoms with Gasteiger partial charge in [-0.1, -0.05) is 49.2 Å². The number of ether oxygens (including phenoxy) is 2. The van der Waals surface area contributed by atoms with Crippen molar-refractivity contribution in [2.45, 2.75) is 33.7 Å². The van der Waals surface area contributed by atoms with Crippen LogP contribution in [-0.4, -0.2) is 59.7 Å². The van der Waals surface area contributed by atoms with Crippen LogP contribution < -0.4 is 10.6 Å². The van der Waals surface area contributed by atoms with Gasteiger partial charge in [0.2, 0.25) is 0 Å². The monoisotopic (exact) mass is 653 g/mol. The Morgan fingerprint density at radius 3 is 1.80 bits per heavy atom. The zero-order valence-corrected chi connectivity index (χ0v) is 26.2. The standard InChI is InChI=1S/C32H29Cl2N3O8/c1-16(2)28(32(43)45-15-27(39)36-25-10-6-8-23(34)18(25)4)37-29(40)20-12-11-19(13-21(20)30(37)41)31(42)44-14-26(38)35-24-9-5-7-22(33)17(24)3/h5-13,16,28H,14-15H2,1-4H3,(H,35,38)(H,36,39)/t28-/m1/s1. The number of nitrogens with one attached hydrogen (secondary N) is 2. The molecule has 0 aliphatic carbocycles. The second-order valence-corrected chi connectivity index (χ2v) is 11.3. The Bertz CT molecular complexity index is 1720. The second kappa shape index (κ2) is 13.9. The van der Waals surface area contributed by atoms with Crippen LogP contribution in [0, 0.1) is 19.8 Å². The molecule has 3 aromatic carbocycles. The van der Waals surface area contributed by atoms with Crippen LogP contribution in [0.3, 0.4) is 0 Å². The van der Waals surface area contributed by atoms with Gasteiger partial charge in [0.1, 0.15) is 6.04 Å². The smallest absolute Gasteiger partial charge is 0.338 e. The molecule has 1 atom stereocenters. The minimum Gasteiger partial charge on any atom is -0.454 e. The quantitative estimate of drug-likeness (QED) is 0.224. The van der Waals surface area contributed by atoms with Gasteiger partial charge in [0.05, 0.1) is 16.7 Å². The molecule has 2 N–H and O–H groups in total. The number of anilines is 2. The second-order valence-electron chi connectivity index (χ2n) is 10.5. The van der Waals surface area contributed by atoms with Crippen LogP contribution in [-0.2, 0) is 23.9 Å². The maximum absolute atomic E-state index is 13.4. The van der Waals surface area contributed by atoms with Crippen LogP contribution in [0.1, 0.15) is 56.0 Å². The summed E-state index contributed by atoms with van der Waals surface area (Å²) >= 11 is 12.1. The van der Waals surface area contributed by atoms with Gasteiger partial charge in [0, 0.05) is 21.4 Å². The molecule has 0 unspecified atom stereocenters. The van der Waals surface area contributed by atoms with Crippen LogP contribution in [0.2, 0.25) is 10.0 Å². The summed E-state index contributed by atoms with van der Waals surface area (Å²) in [5.74, 6) is -5.29. The van der Waals surface area contributed by atoms with Crippen LogP contribution in [0.5, 0.6) is 0 Å². The van der Waals surface area contributed by atoms with Gasteiger partial charge in [0.25, 0.3) is 23.6 Å². The Kier molecular flexibility index (Phi) is 10.3. The average molecular weight is 655 g/mol. The normalized spacial score (nSPS) is 12.9. The van der Waals surface area contributed by atoms with E-state index in [0.29, 0.717) is 32.5 Å². The van der Waals surface area contributed by atoms with E-state index in [9.17, 15) is 28.8 Å². The van der Waals surface area contributed by atoms with Crippen LogP contribution in [0.15, 0.2) is 54.6 Å². The topological polar surface area (TPSA) is 148 Å². The number of hydrogen-bond donors (Lipinski definition) is 2. The lowest BCUT2D eigenvalue weighted by Crippen LogP contribution is -2.49. The molecule has 0 fully saturated rings. The molecule has 0 spiro atoms. The van der Waals surface area contributed by atoms with Crippen molar-refractivity contribution in [3.63, 3.8) is 0 Å². The molecule has 0 saturated heterocycles. The predicted octanol–water partition coefficient (Wildman–Crippen LogP) is 5.21. The van der Waals surface area contributed by atoms with Gasteiger partial charge in [0.15, 0.2) is 13.2 Å². The molecule has 4 rings (SSSR count). The summed E-state index contributed by atoms with van der Waals surface area (Å²) in [5, 5.41) is 6.11. The zero-order chi connectivity index (χ0) is 33.0. The molecule has 45 heavy (non-hydrogen) atoms. The summed E-state index contributed by atoms with van der Waals surface area (Å²) < 4.78 is 10.3. The maximum atomic E-state index is 13.4. The van der Waals surface area contributed by atoms with E-state index >= 15 is 0 Å². The van der Waals surface area contributed by atoms with E-state index in [1.807, 2.05) is 0 Å². The molecular formula is C32H29Cl2N3O8. The largest absolute Gasteiger partial charge is 0.454 e. The van der Waals surface area contributed by atoms with E-state index in [1.165, 1.54) is 18.2 Å². The number of rotatable bonds is 10. The molecule has 11 nitrogen and oxygen atoms in total. The van der Waals surface area contributed by atoms with Crippen molar-refractivity contribution in [3.8, 4) is 0 Å². The Morgan fingerprint density at radius 1 is 0.756 bits per heavy atom. The summed E-state index contributed by atoms with van der Waals surface area (Å²) in [5.41, 5.74) is 1.93. The number of carbonyl (C=O) groups is 6. The van der Waals surface area contributed by atoms with Crippen molar-refractivity contribution in [2.24, 2.45) is 5.92 Å². The minimum atomic E-state index is -1.35. The summed E-state index contributed by atoms with van der Waals surface area (Å²) in [6, 6.07) is 12.3. The Labute approximate surface area is 268 Å². The maximum Gasteiger partial charge on any atom is 0.338 e. The fourth-order valence-corrected chi connectivity index (χ4v) is 4.96. The van der Waals surface area contributed by atoms with Crippen molar-refractivity contribution < 1.29 is 38.2 Å². The summed E-state index contributed by atoms with van der Waals surface area (Å²) in [7, 11) is 0. The minimum absolute atomic E-state index is 0.0293. The molecule has 0 saturated carbocycles. The van der Waals surface area contributed by atoms with Crippen molar-refractivity contribution in [1.29, 1.82) is 0 Å². The Morgan fingerprint density at radius 2 is 1.27 bits per heavy atom. The molecule has 1 aliphatic rings. The fraction of sp³-hybridized carbons (Fsp3) is 0.250. The Hall–Kier alpha value is -4.74. The molecule has 0 bridgehead atoms. The number of fused-ring (bicyclic) bond motifs is 1. The number of halogens is 2. The van der Waals surface area contributed by atoms with Gasteiger partial charge >= 0.3 is 11.9 Å². The van der Waals surface area contributed by atoms with Gasteiger partial charge in [-0.15, -0.1) is 0 Å². The third kappa shape index (κ3) is 7.33. The van der Waals surface area contributed by atoms with E-state index in [-0.39, 0.29) is 16.7 Å². The number of amides is 4. The number of imide groups is 1. The predicted molar refractivity (Wildman–Crippen MR) is 166 cm³/mol. The third-order valence-corrected chi connectivity index (χ3v) is 7.89. The number of nitrogens with zero attached hydrogens (tertiary/aromatic N) is 1. The molecule has 13 heteroatoms. The first-order valence-corrected chi connectivity index (χ1v) is 14.5. The highest BCUT2D eigenvalue weighted by Gasteiger charge is 2.45. The SMILES string of the molecule is Cc1c(Cl)cccc1NC(=O)COC(=O)c1ccc2c(c1)C(=O)N([C@@H](C(=O)OCC(=O)Nc1cccc(Cl)c1C)C(C)C)C2=O. The molecule has 1 aliphatic heterocycles. The summed E-state index contributed by atoms with van der Waals surface area (Å²) in [4.78, 5) is 78.0. The van der Waals surface area contributed by atoms with Gasteiger partial charge in [-0.3, -0.25) is 24.1 Å². The number of carbonyl (C=O) groups excluding carboxylic acids is 6. The van der Waals surface area contributed by atoms with Crippen LogP contribution >= 0.6 is 23.2 Å². The van der Waals surface area contributed by atoms with Crippen molar-refractivity contribution in [1.82, 2.24) is 4.90 Å². The molecule has 4 amide bonds. The van der Waals surface area contributed by atoms with Crippen molar-refractivity contribution in [2.75, 3.05) is 23.8 Å². The third-order valence-electron chi connectivity index (χ3n) is 7.07. The fourth-order valence-electron chi connectivity index (χ4n) is 4.61. The summed E-state index contributed by atoms with van der Waals surface area (Å²) in [6.07, 6.45) is 0. The number of hydrogen-bond acceptors (Lipinski definition) is 8. The summed E-state index contributed by atoms with van der Waals surface area (Å²) in [6.45, 7) is 5.38. The van der Waals surface area contributed by atoms with E-state index in [2.05, 4.69) is 10.6 Å².